The van der Waals surface area contributed by atoms with Gasteiger partial charge in [-0.1, -0.05) is 51.1 Å². The SMILES string of the molecule is CC(C)(C)[Si](C)(C)OC(=O)C(F)(F)[C@@H](O)[C@H](O)C(O)C(=O)c1ccccc1. The molecule has 1 unspecified atom stereocenters. The minimum absolute atomic E-state index is 0.0385. The largest absolute Gasteiger partial charge is 0.515 e. The second-order valence-corrected chi connectivity index (χ2v) is 12.6. The van der Waals surface area contributed by atoms with Crippen LogP contribution in [0.25, 0.3) is 0 Å². The number of aliphatic hydroxyl groups is 3. The Bertz CT molecular complexity index is 672. The number of carbonyl (C=O) groups excluding carboxylic acids is 2. The van der Waals surface area contributed by atoms with Crippen LogP contribution in [0.15, 0.2) is 30.3 Å². The third-order valence-corrected chi connectivity index (χ3v) is 9.08. The molecular formula is C18H26F2O6Si. The highest BCUT2D eigenvalue weighted by Crippen LogP contribution is 2.38. The summed E-state index contributed by atoms with van der Waals surface area (Å²) in [6, 6.07) is 7.18. The first-order valence-electron chi connectivity index (χ1n) is 8.37. The number of ketones is 1. The highest BCUT2D eigenvalue weighted by atomic mass is 28.4. The molecule has 152 valence electrons. The van der Waals surface area contributed by atoms with E-state index in [9.17, 15) is 33.7 Å². The van der Waals surface area contributed by atoms with E-state index in [4.69, 9.17) is 4.43 Å². The van der Waals surface area contributed by atoms with Crippen LogP contribution < -0.4 is 0 Å². The van der Waals surface area contributed by atoms with Crippen LogP contribution in [0.4, 0.5) is 8.78 Å². The molecule has 0 saturated heterocycles. The van der Waals surface area contributed by atoms with Crippen LogP contribution in [0.3, 0.4) is 0 Å². The van der Waals surface area contributed by atoms with Gasteiger partial charge in [0.1, 0.15) is 12.2 Å². The molecule has 0 bridgehead atoms. The van der Waals surface area contributed by atoms with E-state index in [0.29, 0.717) is 0 Å². The first-order valence-corrected chi connectivity index (χ1v) is 11.3. The summed E-state index contributed by atoms with van der Waals surface area (Å²) in [5, 5.41) is 29.0. The fourth-order valence-corrected chi connectivity index (χ4v) is 2.79. The van der Waals surface area contributed by atoms with Crippen LogP contribution in [-0.2, 0) is 9.22 Å². The molecule has 3 N–H and O–H groups in total. The molecule has 0 radical (unpaired) electrons. The van der Waals surface area contributed by atoms with Gasteiger partial charge in [-0.05, 0) is 18.1 Å². The Hall–Kier alpha value is -1.68. The van der Waals surface area contributed by atoms with Crippen LogP contribution in [0.1, 0.15) is 31.1 Å². The first kappa shape index (κ1) is 23.4. The molecule has 6 nitrogen and oxygen atoms in total. The van der Waals surface area contributed by atoms with Crippen LogP contribution in [0.5, 0.6) is 0 Å². The van der Waals surface area contributed by atoms with E-state index in [1.54, 1.807) is 39.9 Å². The van der Waals surface area contributed by atoms with Crippen molar-refractivity contribution in [1.82, 2.24) is 0 Å². The van der Waals surface area contributed by atoms with Gasteiger partial charge in [-0.25, -0.2) is 4.79 Å². The van der Waals surface area contributed by atoms with Crippen molar-refractivity contribution >= 4 is 20.1 Å². The third kappa shape index (κ3) is 5.19. The second kappa shape index (κ2) is 8.13. The predicted molar refractivity (Wildman–Crippen MR) is 97.0 cm³/mol. The molecule has 1 rings (SSSR count). The Labute approximate surface area is 157 Å². The molecule has 0 fully saturated rings. The van der Waals surface area contributed by atoms with E-state index in [2.05, 4.69) is 0 Å². The number of halogens is 2. The maximum absolute atomic E-state index is 14.3. The van der Waals surface area contributed by atoms with Crippen LogP contribution in [-0.4, -0.2) is 59.6 Å². The van der Waals surface area contributed by atoms with Gasteiger partial charge in [0.05, 0.1) is 0 Å². The number of rotatable bonds is 7. The molecule has 1 aromatic carbocycles. The minimum Gasteiger partial charge on any atom is -0.515 e. The zero-order valence-electron chi connectivity index (χ0n) is 15.9. The molecule has 0 aromatic heterocycles. The minimum atomic E-state index is -4.51. The van der Waals surface area contributed by atoms with Gasteiger partial charge in [-0.3, -0.25) is 4.79 Å². The van der Waals surface area contributed by atoms with Gasteiger partial charge in [-0.2, -0.15) is 8.78 Å². The third-order valence-electron chi connectivity index (χ3n) is 4.77. The summed E-state index contributed by atoms with van der Waals surface area (Å²) in [5.41, 5.74) is -0.0385. The molecule has 0 spiro atoms. The molecule has 0 saturated carbocycles. The lowest BCUT2D eigenvalue weighted by Crippen LogP contribution is -2.56. The summed E-state index contributed by atoms with van der Waals surface area (Å²) >= 11 is 0. The molecule has 0 aliphatic carbocycles. The number of hydrogen-bond acceptors (Lipinski definition) is 6. The van der Waals surface area contributed by atoms with Crippen molar-refractivity contribution in [2.75, 3.05) is 0 Å². The standard InChI is InChI=1S/C18H26F2O6Si/c1-17(2,3)27(4,5)26-16(25)18(19,20)15(24)14(23)13(22)12(21)11-9-7-6-8-10-11/h6-10,13-15,22-24H,1-5H3/t13?,14-,15+/m1/s1. The smallest absolute Gasteiger partial charge is 0.369 e. The topological polar surface area (TPSA) is 104 Å². The number of Topliss-reactive ketones (excluding diaryl/α,β-unsaturated/α-hetero) is 1. The van der Waals surface area contributed by atoms with Crippen molar-refractivity contribution in [3.8, 4) is 0 Å². The normalized spacial score (nSPS) is 16.4. The summed E-state index contributed by atoms with van der Waals surface area (Å²) in [6.07, 6.45) is -7.94. The maximum Gasteiger partial charge on any atom is 0.369 e. The summed E-state index contributed by atoms with van der Waals surface area (Å²) in [5.74, 6) is -7.57. The quantitative estimate of drug-likeness (QED) is 0.475. The van der Waals surface area contributed by atoms with Crippen LogP contribution >= 0.6 is 0 Å². The van der Waals surface area contributed by atoms with Crippen molar-refractivity contribution < 1.29 is 38.1 Å². The van der Waals surface area contributed by atoms with E-state index in [0.717, 1.165) is 0 Å². The highest BCUT2D eigenvalue weighted by molar-refractivity contribution is 6.75. The van der Waals surface area contributed by atoms with Crippen LogP contribution in [0.2, 0.25) is 18.1 Å². The Kier molecular flexibility index (Phi) is 7.04. The van der Waals surface area contributed by atoms with Gasteiger partial charge in [0.25, 0.3) is 8.32 Å². The molecule has 0 amide bonds. The number of hydrogen-bond donors (Lipinski definition) is 3. The zero-order valence-corrected chi connectivity index (χ0v) is 16.9. The fraction of sp³-hybridized carbons (Fsp3) is 0.556. The maximum atomic E-state index is 14.3. The van der Waals surface area contributed by atoms with Gasteiger partial charge in [0, 0.05) is 5.56 Å². The van der Waals surface area contributed by atoms with Gasteiger partial charge < -0.3 is 19.7 Å². The summed E-state index contributed by atoms with van der Waals surface area (Å²) in [7, 11) is -2.91. The number of benzene rings is 1. The summed E-state index contributed by atoms with van der Waals surface area (Å²) in [6.45, 7) is 8.34. The Balaban J connectivity index is 2.95. The van der Waals surface area contributed by atoms with Crippen molar-refractivity contribution in [2.45, 2.75) is 63.1 Å². The molecule has 3 atom stereocenters. The Morgan fingerprint density at radius 2 is 1.52 bits per heavy atom. The lowest BCUT2D eigenvalue weighted by atomic mass is 9.96. The van der Waals surface area contributed by atoms with Gasteiger partial charge in [0.15, 0.2) is 11.9 Å². The molecule has 27 heavy (non-hydrogen) atoms. The van der Waals surface area contributed by atoms with E-state index in [-0.39, 0.29) is 5.56 Å². The average Bonchev–Trinajstić information content (AvgIpc) is 2.58. The van der Waals surface area contributed by atoms with Gasteiger partial charge in [-0.15, -0.1) is 0 Å². The first-order chi connectivity index (χ1) is 12.1. The molecule has 1 aromatic rings. The molecular weight excluding hydrogens is 378 g/mol. The Morgan fingerprint density at radius 1 is 1.04 bits per heavy atom. The summed E-state index contributed by atoms with van der Waals surface area (Å²) in [4.78, 5) is 24.0. The highest BCUT2D eigenvalue weighted by Gasteiger charge is 2.56. The fourth-order valence-electron chi connectivity index (χ4n) is 1.89. The molecule has 0 heterocycles. The van der Waals surface area contributed by atoms with Crippen molar-refractivity contribution in [3.63, 3.8) is 0 Å². The van der Waals surface area contributed by atoms with Crippen molar-refractivity contribution in [3.05, 3.63) is 35.9 Å². The number of carbonyl (C=O) groups is 2. The van der Waals surface area contributed by atoms with E-state index in [1.807, 2.05) is 0 Å². The van der Waals surface area contributed by atoms with Gasteiger partial charge >= 0.3 is 11.9 Å². The monoisotopic (exact) mass is 404 g/mol. The lowest BCUT2D eigenvalue weighted by molar-refractivity contribution is -0.197. The lowest BCUT2D eigenvalue weighted by Gasteiger charge is -2.37. The zero-order chi connectivity index (χ0) is 21.2. The van der Waals surface area contributed by atoms with Crippen molar-refractivity contribution in [2.24, 2.45) is 0 Å². The average molecular weight is 404 g/mol. The van der Waals surface area contributed by atoms with E-state index in [1.165, 1.54) is 24.3 Å². The second-order valence-electron chi connectivity index (χ2n) is 7.88. The molecule has 0 aliphatic heterocycles. The van der Waals surface area contributed by atoms with E-state index < -0.39 is 49.3 Å². The van der Waals surface area contributed by atoms with Crippen molar-refractivity contribution in [1.29, 1.82) is 0 Å². The predicted octanol–water partition coefficient (Wildman–Crippen LogP) is 2.14. The van der Waals surface area contributed by atoms with E-state index >= 15 is 0 Å². The number of aliphatic hydroxyl groups excluding tert-OH is 3. The van der Waals surface area contributed by atoms with Crippen LogP contribution in [0, 0.1) is 0 Å². The Morgan fingerprint density at radius 3 is 1.96 bits per heavy atom. The van der Waals surface area contributed by atoms with Gasteiger partial charge in [0.2, 0.25) is 0 Å². The molecule has 9 heteroatoms. The molecule has 0 aliphatic rings. The number of alkyl halides is 2. The summed E-state index contributed by atoms with van der Waals surface area (Å²) < 4.78 is 33.6.